The van der Waals surface area contributed by atoms with E-state index in [9.17, 15) is 9.90 Å². The van der Waals surface area contributed by atoms with Crippen molar-refractivity contribution >= 4 is 16.7 Å². The molecular formula is C14H15NO3. The number of methoxy groups -OCH3 is 1. The van der Waals surface area contributed by atoms with Crippen LogP contribution in [0.3, 0.4) is 0 Å². The summed E-state index contributed by atoms with van der Waals surface area (Å²) in [6, 6.07) is 8.57. The van der Waals surface area contributed by atoms with Gasteiger partial charge in [-0.3, -0.25) is 4.79 Å². The zero-order valence-corrected chi connectivity index (χ0v) is 10.6. The smallest absolute Gasteiger partial charge is 0.253 e. The number of fused-ring (bicyclic) bond motifs is 1. The van der Waals surface area contributed by atoms with E-state index in [0.717, 1.165) is 5.39 Å². The third kappa shape index (κ3) is 2.09. The van der Waals surface area contributed by atoms with E-state index in [1.54, 1.807) is 45.5 Å². The van der Waals surface area contributed by atoms with Crippen LogP contribution in [0.2, 0.25) is 0 Å². The third-order valence-corrected chi connectivity index (χ3v) is 2.79. The van der Waals surface area contributed by atoms with E-state index in [1.165, 1.54) is 11.0 Å². The normalized spacial score (nSPS) is 10.4. The summed E-state index contributed by atoms with van der Waals surface area (Å²) in [5.74, 6) is 0.645. The molecule has 0 aliphatic carbocycles. The van der Waals surface area contributed by atoms with Gasteiger partial charge >= 0.3 is 0 Å². The highest BCUT2D eigenvalue weighted by molar-refractivity contribution is 6.00. The van der Waals surface area contributed by atoms with Crippen LogP contribution in [-0.4, -0.2) is 37.1 Å². The average molecular weight is 245 g/mol. The van der Waals surface area contributed by atoms with Gasteiger partial charge in [0, 0.05) is 25.0 Å². The van der Waals surface area contributed by atoms with E-state index in [1.807, 2.05) is 0 Å². The molecule has 2 aromatic rings. The van der Waals surface area contributed by atoms with Gasteiger partial charge < -0.3 is 14.7 Å². The Morgan fingerprint density at radius 3 is 2.56 bits per heavy atom. The number of rotatable bonds is 2. The monoisotopic (exact) mass is 245 g/mol. The molecule has 0 spiro atoms. The number of carbonyl (C=O) groups is 1. The first-order chi connectivity index (χ1) is 8.52. The molecule has 0 aromatic heterocycles. The number of ether oxygens (including phenoxy) is 1. The van der Waals surface area contributed by atoms with Crippen LogP contribution in [0.5, 0.6) is 11.5 Å². The van der Waals surface area contributed by atoms with Crippen LogP contribution in [0.1, 0.15) is 10.4 Å². The minimum absolute atomic E-state index is 0.0975. The fourth-order valence-corrected chi connectivity index (χ4v) is 1.84. The Kier molecular flexibility index (Phi) is 3.10. The quantitative estimate of drug-likeness (QED) is 0.882. The number of amides is 1. The number of phenols is 1. The van der Waals surface area contributed by atoms with Crippen LogP contribution < -0.4 is 4.74 Å². The summed E-state index contributed by atoms with van der Waals surface area (Å²) in [5.41, 5.74) is 0.457. The highest BCUT2D eigenvalue weighted by Gasteiger charge is 2.11. The Hall–Kier alpha value is -2.23. The number of carbonyl (C=O) groups excluding carboxylic acids is 1. The van der Waals surface area contributed by atoms with Crippen molar-refractivity contribution in [3.8, 4) is 11.5 Å². The second kappa shape index (κ2) is 4.56. The maximum absolute atomic E-state index is 11.9. The molecule has 0 saturated carbocycles. The second-order valence-corrected chi connectivity index (χ2v) is 4.28. The molecule has 0 aliphatic rings. The van der Waals surface area contributed by atoms with Crippen LogP contribution in [0, 0.1) is 0 Å². The Morgan fingerprint density at radius 1 is 1.22 bits per heavy atom. The summed E-state index contributed by atoms with van der Waals surface area (Å²) in [6.45, 7) is 0. The molecule has 1 amide bonds. The van der Waals surface area contributed by atoms with Crippen molar-refractivity contribution in [2.45, 2.75) is 0 Å². The van der Waals surface area contributed by atoms with Gasteiger partial charge in [-0.05, 0) is 35.7 Å². The highest BCUT2D eigenvalue weighted by Crippen LogP contribution is 2.29. The van der Waals surface area contributed by atoms with Gasteiger partial charge in [0.1, 0.15) is 11.5 Å². The van der Waals surface area contributed by atoms with Crippen molar-refractivity contribution < 1.29 is 14.6 Å². The number of phenolic OH excluding ortho intramolecular Hbond substituents is 1. The number of benzene rings is 2. The first-order valence-electron chi connectivity index (χ1n) is 5.55. The van der Waals surface area contributed by atoms with Gasteiger partial charge in [-0.2, -0.15) is 0 Å². The minimum atomic E-state index is -0.144. The predicted octanol–water partition coefficient (Wildman–Crippen LogP) is 2.26. The fourth-order valence-electron chi connectivity index (χ4n) is 1.84. The molecule has 4 heteroatoms. The number of hydrogen-bond acceptors (Lipinski definition) is 3. The van der Waals surface area contributed by atoms with Crippen LogP contribution >= 0.6 is 0 Å². The molecule has 2 aromatic carbocycles. The lowest BCUT2D eigenvalue weighted by Gasteiger charge is -2.12. The molecule has 0 radical (unpaired) electrons. The first-order valence-corrected chi connectivity index (χ1v) is 5.55. The van der Waals surface area contributed by atoms with Gasteiger partial charge in [0.2, 0.25) is 0 Å². The van der Waals surface area contributed by atoms with Crippen molar-refractivity contribution in [2.24, 2.45) is 0 Å². The topological polar surface area (TPSA) is 49.8 Å². The summed E-state index contributed by atoms with van der Waals surface area (Å²) < 4.78 is 5.13. The summed E-state index contributed by atoms with van der Waals surface area (Å²) in [4.78, 5) is 13.4. The largest absolute Gasteiger partial charge is 0.507 e. The molecule has 18 heavy (non-hydrogen) atoms. The van der Waals surface area contributed by atoms with Crippen molar-refractivity contribution in [1.82, 2.24) is 4.90 Å². The molecule has 0 fully saturated rings. The molecule has 0 aliphatic heterocycles. The molecule has 1 N–H and O–H groups in total. The Bertz CT molecular complexity index is 605. The minimum Gasteiger partial charge on any atom is -0.507 e. The van der Waals surface area contributed by atoms with Gasteiger partial charge in [-0.1, -0.05) is 0 Å². The molecule has 0 saturated heterocycles. The van der Waals surface area contributed by atoms with Gasteiger partial charge in [0.15, 0.2) is 0 Å². The maximum Gasteiger partial charge on any atom is 0.253 e. The average Bonchev–Trinajstić information content (AvgIpc) is 2.36. The standard InChI is InChI=1S/C14H15NO3/c1-15(2)14(17)10-6-9-7-11(18-3)4-5-12(9)13(16)8-10/h4-8,16H,1-3H3. The van der Waals surface area contributed by atoms with E-state index in [0.29, 0.717) is 16.7 Å². The van der Waals surface area contributed by atoms with Crippen LogP contribution in [0.25, 0.3) is 10.8 Å². The summed E-state index contributed by atoms with van der Waals surface area (Å²) in [7, 11) is 4.93. The second-order valence-electron chi connectivity index (χ2n) is 4.28. The lowest BCUT2D eigenvalue weighted by molar-refractivity contribution is 0.0827. The number of hydrogen-bond donors (Lipinski definition) is 1. The molecule has 0 unspecified atom stereocenters. The number of aromatic hydroxyl groups is 1. The Labute approximate surface area is 105 Å². The fraction of sp³-hybridized carbons (Fsp3) is 0.214. The van der Waals surface area contributed by atoms with E-state index in [-0.39, 0.29) is 11.7 Å². The van der Waals surface area contributed by atoms with E-state index < -0.39 is 0 Å². The summed E-state index contributed by atoms with van der Waals surface area (Å²) >= 11 is 0. The zero-order chi connectivity index (χ0) is 13.3. The molecule has 94 valence electrons. The van der Waals surface area contributed by atoms with Gasteiger partial charge in [-0.15, -0.1) is 0 Å². The third-order valence-electron chi connectivity index (χ3n) is 2.79. The van der Waals surface area contributed by atoms with Crippen molar-refractivity contribution in [3.63, 3.8) is 0 Å². The summed E-state index contributed by atoms with van der Waals surface area (Å²) in [5, 5.41) is 11.4. The van der Waals surface area contributed by atoms with Crippen LogP contribution in [-0.2, 0) is 0 Å². The summed E-state index contributed by atoms with van der Waals surface area (Å²) in [6.07, 6.45) is 0. The lowest BCUT2D eigenvalue weighted by Crippen LogP contribution is -2.21. The van der Waals surface area contributed by atoms with Crippen molar-refractivity contribution in [2.75, 3.05) is 21.2 Å². The van der Waals surface area contributed by atoms with E-state index in [4.69, 9.17) is 4.74 Å². The molecule has 0 atom stereocenters. The van der Waals surface area contributed by atoms with E-state index in [2.05, 4.69) is 0 Å². The Balaban J connectivity index is 2.62. The van der Waals surface area contributed by atoms with E-state index >= 15 is 0 Å². The van der Waals surface area contributed by atoms with Crippen LogP contribution in [0.15, 0.2) is 30.3 Å². The number of nitrogens with zero attached hydrogens (tertiary/aromatic N) is 1. The van der Waals surface area contributed by atoms with Gasteiger partial charge in [-0.25, -0.2) is 0 Å². The zero-order valence-electron chi connectivity index (χ0n) is 10.6. The first kappa shape index (κ1) is 12.2. The van der Waals surface area contributed by atoms with Crippen molar-refractivity contribution in [3.05, 3.63) is 35.9 Å². The molecule has 0 bridgehead atoms. The lowest BCUT2D eigenvalue weighted by atomic mass is 10.0. The maximum atomic E-state index is 11.9. The molecular weight excluding hydrogens is 230 g/mol. The van der Waals surface area contributed by atoms with Gasteiger partial charge in [0.05, 0.1) is 7.11 Å². The Morgan fingerprint density at radius 2 is 1.94 bits per heavy atom. The van der Waals surface area contributed by atoms with Gasteiger partial charge in [0.25, 0.3) is 5.91 Å². The predicted molar refractivity (Wildman–Crippen MR) is 70.2 cm³/mol. The molecule has 4 nitrogen and oxygen atoms in total. The highest BCUT2D eigenvalue weighted by atomic mass is 16.5. The van der Waals surface area contributed by atoms with Crippen LogP contribution in [0.4, 0.5) is 0 Å². The molecule has 2 rings (SSSR count). The van der Waals surface area contributed by atoms with Crippen molar-refractivity contribution in [1.29, 1.82) is 0 Å². The molecule has 0 heterocycles. The SMILES string of the molecule is COc1ccc2c(O)cc(C(=O)N(C)C)cc2c1.